The standard InChI is InChI=1S/C27H35N7O4S/c1-5-24(35)33-11-13-34(14-12-33)39(37,38)20-8-6-7-19(16-20)29-27-28-17-23-25(30-27)31(3)22-10-9-18(2)15-21(22)26(36)32(23)4/h5-8,16-18,21-22H,1,9-15H2,2-4H3,(H,28,29,30). The molecule has 3 aliphatic rings. The quantitative estimate of drug-likeness (QED) is 0.561. The molecule has 0 spiro atoms. The lowest BCUT2D eigenvalue weighted by Crippen LogP contribution is -2.50. The molecule has 3 heterocycles. The summed E-state index contributed by atoms with van der Waals surface area (Å²) in [6, 6.07) is 6.60. The molecule has 2 amide bonds. The van der Waals surface area contributed by atoms with Crippen molar-refractivity contribution in [3.63, 3.8) is 0 Å². The van der Waals surface area contributed by atoms with Crippen molar-refractivity contribution in [1.29, 1.82) is 0 Å². The third kappa shape index (κ3) is 5.10. The second kappa shape index (κ2) is 10.6. The van der Waals surface area contributed by atoms with Gasteiger partial charge in [0.1, 0.15) is 5.69 Å². The zero-order valence-electron chi connectivity index (χ0n) is 22.6. The number of amides is 2. The van der Waals surface area contributed by atoms with Crippen molar-refractivity contribution in [2.45, 2.75) is 37.1 Å². The van der Waals surface area contributed by atoms with Gasteiger partial charge in [0.2, 0.25) is 27.8 Å². The molecule has 3 unspecified atom stereocenters. The van der Waals surface area contributed by atoms with Crippen LogP contribution in [0.4, 0.5) is 23.1 Å². The summed E-state index contributed by atoms with van der Waals surface area (Å²) in [5, 5.41) is 3.15. The Kier molecular flexibility index (Phi) is 7.34. The van der Waals surface area contributed by atoms with Crippen LogP contribution in [0.15, 0.2) is 48.0 Å². The van der Waals surface area contributed by atoms with Gasteiger partial charge in [0.05, 0.1) is 17.0 Å². The molecule has 0 bridgehead atoms. The molecule has 2 aromatic rings. The molecule has 208 valence electrons. The summed E-state index contributed by atoms with van der Waals surface area (Å²) in [4.78, 5) is 39.8. The first-order chi connectivity index (χ1) is 18.6. The number of nitrogens with zero attached hydrogens (tertiary/aromatic N) is 6. The maximum atomic E-state index is 13.3. The Morgan fingerprint density at radius 1 is 1.15 bits per heavy atom. The fourth-order valence-electron chi connectivity index (χ4n) is 5.83. The number of sulfonamides is 1. The van der Waals surface area contributed by atoms with Crippen LogP contribution in [0.3, 0.4) is 0 Å². The second-order valence-corrected chi connectivity index (χ2v) is 12.5. The van der Waals surface area contributed by atoms with E-state index in [1.54, 1.807) is 47.3 Å². The highest BCUT2D eigenvalue weighted by Crippen LogP contribution is 2.41. The SMILES string of the molecule is C=CC(=O)N1CCN(S(=O)(=O)c2cccc(Nc3ncc4c(n3)N(C)C3CCC(C)CC3C(=O)N4C)c2)CC1. The van der Waals surface area contributed by atoms with Gasteiger partial charge < -0.3 is 20.0 Å². The van der Waals surface area contributed by atoms with Crippen LogP contribution in [-0.2, 0) is 19.6 Å². The number of anilines is 4. The fourth-order valence-corrected chi connectivity index (χ4v) is 7.30. The van der Waals surface area contributed by atoms with Gasteiger partial charge in [0.15, 0.2) is 5.82 Å². The van der Waals surface area contributed by atoms with Gasteiger partial charge in [-0.1, -0.05) is 19.6 Å². The Morgan fingerprint density at radius 3 is 2.62 bits per heavy atom. The monoisotopic (exact) mass is 553 g/mol. The Hall–Kier alpha value is -3.51. The van der Waals surface area contributed by atoms with Crippen molar-refractivity contribution in [3.8, 4) is 0 Å². The lowest BCUT2D eigenvalue weighted by Gasteiger charge is -2.38. The van der Waals surface area contributed by atoms with Crippen LogP contribution in [0.1, 0.15) is 26.2 Å². The van der Waals surface area contributed by atoms with Crippen LogP contribution in [0.5, 0.6) is 0 Å². The number of nitrogens with one attached hydrogen (secondary N) is 1. The fraction of sp³-hybridized carbons (Fsp3) is 0.481. The first-order valence-corrected chi connectivity index (χ1v) is 14.7. The number of fused-ring (bicyclic) bond motifs is 2. The lowest BCUT2D eigenvalue weighted by atomic mass is 9.78. The lowest BCUT2D eigenvalue weighted by molar-refractivity contribution is -0.127. The molecule has 1 N–H and O–H groups in total. The molecule has 3 atom stereocenters. The van der Waals surface area contributed by atoms with Gasteiger partial charge >= 0.3 is 0 Å². The number of benzene rings is 1. The molecular formula is C27H35N7O4S. The largest absolute Gasteiger partial charge is 0.354 e. The van der Waals surface area contributed by atoms with Crippen LogP contribution in [-0.4, -0.2) is 85.7 Å². The van der Waals surface area contributed by atoms with Gasteiger partial charge in [-0.05, 0) is 49.5 Å². The van der Waals surface area contributed by atoms with E-state index in [4.69, 9.17) is 4.98 Å². The van der Waals surface area contributed by atoms with Crippen molar-refractivity contribution < 1.29 is 18.0 Å². The van der Waals surface area contributed by atoms with E-state index >= 15 is 0 Å². The summed E-state index contributed by atoms with van der Waals surface area (Å²) < 4.78 is 28.1. The Balaban J connectivity index is 1.36. The molecule has 1 saturated carbocycles. The molecule has 2 fully saturated rings. The zero-order chi connectivity index (χ0) is 27.9. The summed E-state index contributed by atoms with van der Waals surface area (Å²) in [7, 11) is -0.00574. The first-order valence-electron chi connectivity index (χ1n) is 13.3. The number of carbonyl (C=O) groups is 2. The maximum absolute atomic E-state index is 13.3. The van der Waals surface area contributed by atoms with E-state index in [0.717, 1.165) is 19.3 Å². The predicted molar refractivity (Wildman–Crippen MR) is 149 cm³/mol. The van der Waals surface area contributed by atoms with E-state index in [0.29, 0.717) is 42.1 Å². The second-order valence-electron chi connectivity index (χ2n) is 10.6. The molecule has 5 rings (SSSR count). The molecule has 1 aliphatic carbocycles. The van der Waals surface area contributed by atoms with Crippen LogP contribution < -0.4 is 15.1 Å². The minimum Gasteiger partial charge on any atom is -0.354 e. The molecular weight excluding hydrogens is 518 g/mol. The van der Waals surface area contributed by atoms with Gasteiger partial charge in [-0.15, -0.1) is 0 Å². The van der Waals surface area contributed by atoms with E-state index in [1.807, 2.05) is 7.05 Å². The van der Waals surface area contributed by atoms with Gasteiger partial charge in [-0.25, -0.2) is 13.4 Å². The van der Waals surface area contributed by atoms with Crippen molar-refractivity contribution in [2.75, 3.05) is 55.4 Å². The van der Waals surface area contributed by atoms with Crippen LogP contribution >= 0.6 is 0 Å². The van der Waals surface area contributed by atoms with E-state index < -0.39 is 10.0 Å². The predicted octanol–water partition coefficient (Wildman–Crippen LogP) is 2.46. The average Bonchev–Trinajstić information content (AvgIpc) is 3.02. The number of rotatable bonds is 5. The van der Waals surface area contributed by atoms with Crippen molar-refractivity contribution in [2.24, 2.45) is 11.8 Å². The number of hydrogen-bond acceptors (Lipinski definition) is 8. The van der Waals surface area contributed by atoms with Gasteiger partial charge in [0, 0.05) is 52.0 Å². The molecule has 1 aromatic carbocycles. The number of carbonyl (C=O) groups excluding carboxylic acids is 2. The van der Waals surface area contributed by atoms with Gasteiger partial charge in [0.25, 0.3) is 0 Å². The molecule has 39 heavy (non-hydrogen) atoms. The van der Waals surface area contributed by atoms with E-state index in [2.05, 4.69) is 28.7 Å². The van der Waals surface area contributed by atoms with E-state index in [9.17, 15) is 18.0 Å². The van der Waals surface area contributed by atoms with Crippen LogP contribution in [0.25, 0.3) is 0 Å². The van der Waals surface area contributed by atoms with Crippen LogP contribution in [0.2, 0.25) is 0 Å². The first kappa shape index (κ1) is 27.1. The molecule has 1 aromatic heterocycles. The zero-order valence-corrected chi connectivity index (χ0v) is 23.4. The minimum atomic E-state index is -3.76. The highest BCUT2D eigenvalue weighted by Gasteiger charge is 2.42. The molecule has 11 nitrogen and oxygen atoms in total. The summed E-state index contributed by atoms with van der Waals surface area (Å²) >= 11 is 0. The third-order valence-corrected chi connectivity index (χ3v) is 10.0. The third-order valence-electron chi connectivity index (χ3n) is 8.12. The Labute approximate surface area is 229 Å². The molecule has 0 radical (unpaired) electrons. The Morgan fingerprint density at radius 2 is 1.90 bits per heavy atom. The molecule has 12 heteroatoms. The molecule has 2 aliphatic heterocycles. The summed E-state index contributed by atoms with van der Waals surface area (Å²) in [5.74, 6) is 1.29. The maximum Gasteiger partial charge on any atom is 0.246 e. The summed E-state index contributed by atoms with van der Waals surface area (Å²) in [5.41, 5.74) is 1.18. The smallest absolute Gasteiger partial charge is 0.246 e. The van der Waals surface area contributed by atoms with E-state index in [-0.39, 0.29) is 41.8 Å². The topological polar surface area (TPSA) is 119 Å². The highest BCUT2D eigenvalue weighted by molar-refractivity contribution is 7.89. The highest BCUT2D eigenvalue weighted by atomic mass is 32.2. The average molecular weight is 554 g/mol. The minimum absolute atomic E-state index is 0.0656. The Bertz CT molecular complexity index is 1390. The van der Waals surface area contributed by atoms with Crippen molar-refractivity contribution >= 4 is 45.0 Å². The van der Waals surface area contributed by atoms with Crippen molar-refractivity contribution in [3.05, 3.63) is 43.1 Å². The van der Waals surface area contributed by atoms with Gasteiger partial charge in [-0.2, -0.15) is 9.29 Å². The van der Waals surface area contributed by atoms with Crippen molar-refractivity contribution in [1.82, 2.24) is 19.2 Å². The van der Waals surface area contributed by atoms with Gasteiger partial charge in [-0.3, -0.25) is 9.59 Å². The summed E-state index contributed by atoms with van der Waals surface area (Å²) in [6.07, 6.45) is 5.72. The number of aromatic nitrogens is 2. The van der Waals surface area contributed by atoms with E-state index in [1.165, 1.54) is 10.4 Å². The molecule has 1 saturated heterocycles. The normalized spacial score (nSPS) is 24.0. The summed E-state index contributed by atoms with van der Waals surface area (Å²) in [6.45, 7) is 6.75. The number of piperazine rings is 1. The van der Waals surface area contributed by atoms with Crippen LogP contribution in [0, 0.1) is 11.8 Å². The number of hydrogen-bond donors (Lipinski definition) is 1.